The van der Waals surface area contributed by atoms with Crippen LogP contribution in [0.2, 0.25) is 0 Å². The van der Waals surface area contributed by atoms with E-state index in [1.807, 2.05) is 6.92 Å². The highest BCUT2D eigenvalue weighted by molar-refractivity contribution is 5.73. The Kier molecular flexibility index (Phi) is 6.31. The van der Waals surface area contributed by atoms with Crippen molar-refractivity contribution in [3.8, 4) is 11.5 Å². The summed E-state index contributed by atoms with van der Waals surface area (Å²) in [7, 11) is 1.27. The van der Waals surface area contributed by atoms with E-state index in [1.54, 1.807) is 24.3 Å². The molecule has 0 fully saturated rings. The summed E-state index contributed by atoms with van der Waals surface area (Å²) in [6, 6.07) is 5.02. The second kappa shape index (κ2) is 8.65. The number of carbonyl (C=O) groups excluding carboxylic acids is 1. The highest BCUT2D eigenvalue weighted by atomic mass is 16.6. The number of aryl methyl sites for hydroxylation is 1. The Balaban J connectivity index is 2.23. The topological polar surface area (TPSA) is 114 Å². The summed E-state index contributed by atoms with van der Waals surface area (Å²) in [6.45, 7) is 3.47. The number of methoxy groups -OCH3 is 1. The normalized spacial score (nSPS) is 10.7. The summed E-state index contributed by atoms with van der Waals surface area (Å²) in [5, 5.41) is 14.7. The molecule has 26 heavy (non-hydrogen) atoms. The number of hydrogen-bond donors (Lipinski definition) is 0. The molecule has 0 radical (unpaired) electrons. The smallest absolute Gasteiger partial charge is 0.343 e. The van der Waals surface area contributed by atoms with Crippen molar-refractivity contribution in [3.05, 3.63) is 45.3 Å². The van der Waals surface area contributed by atoms with Crippen molar-refractivity contribution >= 4 is 23.8 Å². The summed E-state index contributed by atoms with van der Waals surface area (Å²) in [5.41, 5.74) is 0.725. The van der Waals surface area contributed by atoms with Crippen LogP contribution in [0, 0.1) is 17.0 Å². The molecule has 138 valence electrons. The van der Waals surface area contributed by atoms with Crippen molar-refractivity contribution in [1.29, 1.82) is 0 Å². The summed E-state index contributed by atoms with van der Waals surface area (Å²) >= 11 is 0. The number of nitro groups is 1. The Labute approximate surface area is 149 Å². The van der Waals surface area contributed by atoms with Gasteiger partial charge in [-0.2, -0.15) is 0 Å². The van der Waals surface area contributed by atoms with Gasteiger partial charge < -0.3 is 18.7 Å². The van der Waals surface area contributed by atoms with E-state index < -0.39 is 10.9 Å². The predicted octanol–water partition coefficient (Wildman–Crippen LogP) is 3.01. The molecular formula is C17H18N2O7. The van der Waals surface area contributed by atoms with Gasteiger partial charge >= 0.3 is 11.7 Å². The second-order valence-electron chi connectivity index (χ2n) is 5.08. The lowest BCUT2D eigenvalue weighted by Gasteiger charge is -2.11. The molecule has 1 aromatic heterocycles. The number of carbonyl (C=O) groups is 1. The van der Waals surface area contributed by atoms with E-state index >= 15 is 0 Å². The van der Waals surface area contributed by atoms with E-state index in [9.17, 15) is 14.9 Å². The van der Waals surface area contributed by atoms with Gasteiger partial charge in [0.25, 0.3) is 0 Å². The minimum Gasteiger partial charge on any atom is -0.490 e. The van der Waals surface area contributed by atoms with Crippen LogP contribution < -0.4 is 9.47 Å². The van der Waals surface area contributed by atoms with Crippen molar-refractivity contribution in [2.45, 2.75) is 13.8 Å². The fourth-order valence-electron chi connectivity index (χ4n) is 2.10. The van der Waals surface area contributed by atoms with Gasteiger partial charge in [-0.05, 0) is 37.6 Å². The van der Waals surface area contributed by atoms with Gasteiger partial charge in [0, 0.05) is 0 Å². The van der Waals surface area contributed by atoms with Crippen molar-refractivity contribution < 1.29 is 28.5 Å². The van der Waals surface area contributed by atoms with E-state index in [-0.39, 0.29) is 23.7 Å². The largest absolute Gasteiger partial charge is 0.490 e. The maximum atomic E-state index is 11.2. The van der Waals surface area contributed by atoms with Gasteiger partial charge in [0.2, 0.25) is 5.76 Å². The van der Waals surface area contributed by atoms with E-state index in [0.717, 1.165) is 0 Å². The number of esters is 1. The first-order valence-electron chi connectivity index (χ1n) is 7.71. The van der Waals surface area contributed by atoms with Gasteiger partial charge in [-0.1, -0.05) is 17.3 Å². The van der Waals surface area contributed by atoms with Crippen LogP contribution in [0.3, 0.4) is 0 Å². The molecule has 0 saturated carbocycles. The third kappa shape index (κ3) is 4.59. The molecule has 0 atom stereocenters. The Morgan fingerprint density at radius 1 is 1.31 bits per heavy atom. The SMILES string of the molecule is CCOc1cc(/C=C\c2onc(C)c2[N+](=O)[O-])ccc1OCC(=O)OC. The van der Waals surface area contributed by atoms with Crippen LogP contribution in [0.4, 0.5) is 5.69 Å². The summed E-state index contributed by atoms with van der Waals surface area (Å²) in [4.78, 5) is 21.7. The highest BCUT2D eigenvalue weighted by Crippen LogP contribution is 2.30. The molecule has 0 unspecified atom stereocenters. The van der Waals surface area contributed by atoms with Crippen LogP contribution in [0.15, 0.2) is 22.7 Å². The molecule has 0 bridgehead atoms. The molecule has 0 aliphatic heterocycles. The first-order chi connectivity index (χ1) is 12.5. The quantitative estimate of drug-likeness (QED) is 0.400. The number of ether oxygens (including phenoxy) is 3. The molecule has 2 aromatic rings. The van der Waals surface area contributed by atoms with Gasteiger partial charge in [-0.25, -0.2) is 4.79 Å². The summed E-state index contributed by atoms with van der Waals surface area (Å²) in [5.74, 6) is 0.360. The van der Waals surface area contributed by atoms with Gasteiger partial charge in [0.1, 0.15) is 0 Å². The van der Waals surface area contributed by atoms with Crippen LogP contribution in [0.25, 0.3) is 12.2 Å². The molecule has 1 aromatic carbocycles. The first-order valence-corrected chi connectivity index (χ1v) is 7.71. The van der Waals surface area contributed by atoms with Crippen molar-refractivity contribution in [1.82, 2.24) is 5.16 Å². The molecule has 0 saturated heterocycles. The van der Waals surface area contributed by atoms with E-state index in [1.165, 1.54) is 20.1 Å². The van der Waals surface area contributed by atoms with E-state index in [0.29, 0.717) is 23.7 Å². The van der Waals surface area contributed by atoms with Crippen LogP contribution in [-0.4, -0.2) is 36.4 Å². The fraction of sp³-hybridized carbons (Fsp3) is 0.294. The molecule has 9 nitrogen and oxygen atoms in total. The number of hydrogen-bond acceptors (Lipinski definition) is 8. The van der Waals surface area contributed by atoms with Gasteiger partial charge in [0.05, 0.1) is 18.6 Å². The lowest BCUT2D eigenvalue weighted by Crippen LogP contribution is -2.13. The Hall–Kier alpha value is -3.36. The molecular weight excluding hydrogens is 344 g/mol. The minimum atomic E-state index is -0.541. The van der Waals surface area contributed by atoms with Crippen LogP contribution in [-0.2, 0) is 9.53 Å². The zero-order valence-corrected chi connectivity index (χ0v) is 14.6. The maximum absolute atomic E-state index is 11.2. The molecule has 0 spiro atoms. The first kappa shape index (κ1) is 19.0. The average molecular weight is 362 g/mol. The van der Waals surface area contributed by atoms with Crippen molar-refractivity contribution in [3.63, 3.8) is 0 Å². The van der Waals surface area contributed by atoms with Crippen LogP contribution in [0.1, 0.15) is 23.9 Å². The molecule has 0 amide bonds. The fourth-order valence-corrected chi connectivity index (χ4v) is 2.10. The molecule has 0 aliphatic rings. The van der Waals surface area contributed by atoms with Crippen LogP contribution in [0.5, 0.6) is 11.5 Å². The Morgan fingerprint density at radius 2 is 2.08 bits per heavy atom. The Morgan fingerprint density at radius 3 is 2.73 bits per heavy atom. The molecule has 9 heteroatoms. The summed E-state index contributed by atoms with van der Waals surface area (Å²) < 4.78 is 20.4. The molecule has 0 aliphatic carbocycles. The van der Waals surface area contributed by atoms with Crippen molar-refractivity contribution in [2.75, 3.05) is 20.3 Å². The Bertz CT molecular complexity index is 827. The number of benzene rings is 1. The third-order valence-electron chi connectivity index (χ3n) is 3.31. The van der Waals surface area contributed by atoms with Gasteiger partial charge in [-0.3, -0.25) is 10.1 Å². The van der Waals surface area contributed by atoms with Gasteiger partial charge in [-0.15, -0.1) is 0 Å². The predicted molar refractivity (Wildman–Crippen MR) is 91.9 cm³/mol. The van der Waals surface area contributed by atoms with Crippen LogP contribution >= 0.6 is 0 Å². The number of rotatable bonds is 8. The zero-order valence-electron chi connectivity index (χ0n) is 14.6. The standard InChI is InChI=1S/C17H18N2O7/c1-4-24-15-9-12(5-7-13(15)25-10-16(20)23-3)6-8-14-17(19(21)22)11(2)18-26-14/h5-9H,4,10H2,1-3H3/b8-6-. The van der Waals surface area contributed by atoms with E-state index in [2.05, 4.69) is 9.89 Å². The highest BCUT2D eigenvalue weighted by Gasteiger charge is 2.21. The zero-order chi connectivity index (χ0) is 19.1. The molecule has 0 N–H and O–H groups in total. The minimum absolute atomic E-state index is 0.0523. The van der Waals surface area contributed by atoms with Gasteiger partial charge in [0.15, 0.2) is 23.8 Å². The second-order valence-corrected chi connectivity index (χ2v) is 5.08. The van der Waals surface area contributed by atoms with E-state index in [4.69, 9.17) is 14.0 Å². The molecule has 1 heterocycles. The molecule has 2 rings (SSSR count). The lowest BCUT2D eigenvalue weighted by atomic mass is 10.1. The number of aromatic nitrogens is 1. The third-order valence-corrected chi connectivity index (χ3v) is 3.31. The van der Waals surface area contributed by atoms with Crippen molar-refractivity contribution in [2.24, 2.45) is 0 Å². The lowest BCUT2D eigenvalue weighted by molar-refractivity contribution is -0.386. The summed E-state index contributed by atoms with van der Waals surface area (Å²) in [6.07, 6.45) is 3.08. The average Bonchev–Trinajstić information content (AvgIpc) is 2.99. The monoisotopic (exact) mass is 362 g/mol. The maximum Gasteiger partial charge on any atom is 0.343 e. The number of nitrogens with zero attached hydrogens (tertiary/aromatic N) is 2.